The summed E-state index contributed by atoms with van der Waals surface area (Å²) in [5.74, 6) is -0.165. The number of benzene rings is 1. The molecule has 0 unspecified atom stereocenters. The predicted octanol–water partition coefficient (Wildman–Crippen LogP) is 3.31. The van der Waals surface area contributed by atoms with Crippen LogP contribution in [0.25, 0.3) is 10.8 Å². The quantitative estimate of drug-likeness (QED) is 0.678. The first-order chi connectivity index (χ1) is 9.74. The number of fused-ring (bicyclic) bond motifs is 1. The van der Waals surface area contributed by atoms with Gasteiger partial charge in [-0.25, -0.2) is 4.98 Å². The molecule has 1 amide bonds. The van der Waals surface area contributed by atoms with E-state index in [0.717, 1.165) is 23.6 Å². The van der Waals surface area contributed by atoms with E-state index in [1.165, 1.54) is 6.20 Å². The number of nitrogens with zero attached hydrogens (tertiary/aromatic N) is 2. The molecule has 0 bridgehead atoms. The molecule has 0 saturated carbocycles. The summed E-state index contributed by atoms with van der Waals surface area (Å²) in [5.41, 5.74) is 0.519. The minimum Gasteiger partial charge on any atom is -0.352 e. The Morgan fingerprint density at radius 1 is 1.30 bits per heavy atom. The zero-order valence-electron chi connectivity index (χ0n) is 10.9. The number of halogens is 1. The first kappa shape index (κ1) is 14.3. The van der Waals surface area contributed by atoms with Crippen LogP contribution in [-0.2, 0) is 0 Å². The molecule has 0 spiro atoms. The zero-order valence-corrected chi connectivity index (χ0v) is 11.7. The first-order valence-electron chi connectivity index (χ1n) is 6.42. The van der Waals surface area contributed by atoms with Gasteiger partial charge in [0.15, 0.2) is 0 Å². The number of rotatable bonds is 5. The van der Waals surface area contributed by atoms with Crippen LogP contribution < -0.4 is 5.32 Å². The van der Waals surface area contributed by atoms with Crippen LogP contribution >= 0.6 is 11.6 Å². The molecular formula is C15H14ClN3O. The van der Waals surface area contributed by atoms with Crippen LogP contribution in [0.15, 0.2) is 30.5 Å². The highest BCUT2D eigenvalue weighted by Gasteiger charge is 2.11. The second-order valence-electron chi connectivity index (χ2n) is 4.38. The van der Waals surface area contributed by atoms with Gasteiger partial charge < -0.3 is 5.32 Å². The highest BCUT2D eigenvalue weighted by Crippen LogP contribution is 2.23. The molecule has 2 rings (SSSR count). The standard InChI is InChI=1S/C15H14ClN3O/c16-14-12-7-3-2-6-11(12)13(10-19-14)15(20)18-9-5-1-4-8-17/h2-3,6-7,10H,1,4-5,9H2,(H,18,20). The maximum Gasteiger partial charge on any atom is 0.253 e. The van der Waals surface area contributed by atoms with Gasteiger partial charge in [-0.3, -0.25) is 4.79 Å². The molecule has 0 aliphatic carbocycles. The fourth-order valence-electron chi connectivity index (χ4n) is 1.97. The fraction of sp³-hybridized carbons (Fsp3) is 0.267. The van der Waals surface area contributed by atoms with E-state index in [0.29, 0.717) is 23.7 Å². The SMILES string of the molecule is N#CCCCCNC(=O)c1cnc(Cl)c2ccccc12. The molecule has 20 heavy (non-hydrogen) atoms. The normalized spacial score (nSPS) is 10.2. The summed E-state index contributed by atoms with van der Waals surface area (Å²) < 4.78 is 0. The van der Waals surface area contributed by atoms with Gasteiger partial charge in [-0.15, -0.1) is 0 Å². The van der Waals surface area contributed by atoms with Crippen molar-refractivity contribution in [2.45, 2.75) is 19.3 Å². The van der Waals surface area contributed by atoms with Gasteiger partial charge in [0.05, 0.1) is 11.6 Å². The van der Waals surface area contributed by atoms with Crippen LogP contribution in [0.1, 0.15) is 29.6 Å². The van der Waals surface area contributed by atoms with Crippen LogP contribution in [-0.4, -0.2) is 17.4 Å². The number of nitriles is 1. The van der Waals surface area contributed by atoms with Crippen LogP contribution in [0.4, 0.5) is 0 Å². The lowest BCUT2D eigenvalue weighted by Crippen LogP contribution is -2.24. The number of unbranched alkanes of at least 4 members (excludes halogenated alkanes) is 2. The zero-order chi connectivity index (χ0) is 14.4. The summed E-state index contributed by atoms with van der Waals surface area (Å²) in [6, 6.07) is 9.50. The van der Waals surface area contributed by atoms with E-state index >= 15 is 0 Å². The van der Waals surface area contributed by atoms with Crippen molar-refractivity contribution < 1.29 is 4.79 Å². The fourth-order valence-corrected chi connectivity index (χ4v) is 2.18. The second-order valence-corrected chi connectivity index (χ2v) is 4.74. The Bertz CT molecular complexity index is 664. The Kier molecular flexibility index (Phi) is 4.91. The summed E-state index contributed by atoms with van der Waals surface area (Å²) in [7, 11) is 0. The van der Waals surface area contributed by atoms with Crippen molar-refractivity contribution in [3.63, 3.8) is 0 Å². The lowest BCUT2D eigenvalue weighted by molar-refractivity contribution is 0.0954. The lowest BCUT2D eigenvalue weighted by Gasteiger charge is -2.08. The van der Waals surface area contributed by atoms with Crippen molar-refractivity contribution in [3.05, 3.63) is 41.2 Å². The number of amides is 1. The Hall–Kier alpha value is -2.12. The molecule has 4 nitrogen and oxygen atoms in total. The summed E-state index contributed by atoms with van der Waals surface area (Å²) in [4.78, 5) is 16.2. The monoisotopic (exact) mass is 287 g/mol. The number of hydrogen-bond donors (Lipinski definition) is 1. The molecular weight excluding hydrogens is 274 g/mol. The number of pyridine rings is 1. The minimum atomic E-state index is -0.165. The van der Waals surface area contributed by atoms with Crippen molar-refractivity contribution in [2.75, 3.05) is 6.54 Å². The largest absolute Gasteiger partial charge is 0.352 e. The third-order valence-electron chi connectivity index (χ3n) is 2.99. The number of carbonyl (C=O) groups is 1. The van der Waals surface area contributed by atoms with Crippen LogP contribution in [0.5, 0.6) is 0 Å². The lowest BCUT2D eigenvalue weighted by atomic mass is 10.1. The van der Waals surface area contributed by atoms with Crippen LogP contribution in [0, 0.1) is 11.3 Å². The van der Waals surface area contributed by atoms with Gasteiger partial charge in [0.2, 0.25) is 0 Å². The number of aromatic nitrogens is 1. The molecule has 0 aliphatic rings. The maximum absolute atomic E-state index is 12.1. The Balaban J connectivity index is 2.11. The van der Waals surface area contributed by atoms with E-state index in [9.17, 15) is 4.79 Å². The summed E-state index contributed by atoms with van der Waals surface area (Å²) in [5, 5.41) is 13.2. The molecule has 0 saturated heterocycles. The average Bonchev–Trinajstić information content (AvgIpc) is 2.47. The summed E-state index contributed by atoms with van der Waals surface area (Å²) in [6.45, 7) is 0.553. The maximum atomic E-state index is 12.1. The average molecular weight is 288 g/mol. The van der Waals surface area contributed by atoms with Crippen molar-refractivity contribution in [1.82, 2.24) is 10.3 Å². The van der Waals surface area contributed by atoms with Gasteiger partial charge in [0, 0.05) is 24.5 Å². The molecule has 102 valence electrons. The summed E-state index contributed by atoms with van der Waals surface area (Å²) >= 11 is 6.02. The summed E-state index contributed by atoms with van der Waals surface area (Å²) in [6.07, 6.45) is 3.59. The molecule has 1 N–H and O–H groups in total. The van der Waals surface area contributed by atoms with Gasteiger partial charge in [-0.05, 0) is 18.2 Å². The smallest absolute Gasteiger partial charge is 0.253 e. The van der Waals surface area contributed by atoms with E-state index in [4.69, 9.17) is 16.9 Å². The molecule has 1 aromatic heterocycles. The first-order valence-corrected chi connectivity index (χ1v) is 6.80. The highest BCUT2D eigenvalue weighted by molar-refractivity contribution is 6.34. The van der Waals surface area contributed by atoms with Gasteiger partial charge in [0.25, 0.3) is 5.91 Å². The molecule has 0 fully saturated rings. The van der Waals surface area contributed by atoms with Crippen molar-refractivity contribution in [3.8, 4) is 6.07 Å². The predicted molar refractivity (Wildman–Crippen MR) is 78.6 cm³/mol. The molecule has 5 heteroatoms. The number of hydrogen-bond acceptors (Lipinski definition) is 3. The van der Waals surface area contributed by atoms with E-state index in [2.05, 4.69) is 16.4 Å². The third kappa shape index (κ3) is 3.25. The molecule has 1 aromatic carbocycles. The van der Waals surface area contributed by atoms with E-state index in [-0.39, 0.29) is 5.91 Å². The Labute approximate surface area is 122 Å². The van der Waals surface area contributed by atoms with Gasteiger partial charge in [-0.2, -0.15) is 5.26 Å². The third-order valence-corrected chi connectivity index (χ3v) is 3.29. The molecule has 0 radical (unpaired) electrons. The Morgan fingerprint density at radius 3 is 2.80 bits per heavy atom. The van der Waals surface area contributed by atoms with E-state index in [1.807, 2.05) is 24.3 Å². The van der Waals surface area contributed by atoms with Crippen molar-refractivity contribution in [1.29, 1.82) is 5.26 Å². The van der Waals surface area contributed by atoms with Crippen molar-refractivity contribution in [2.24, 2.45) is 0 Å². The minimum absolute atomic E-state index is 0.165. The highest BCUT2D eigenvalue weighted by atomic mass is 35.5. The van der Waals surface area contributed by atoms with Gasteiger partial charge in [-0.1, -0.05) is 35.9 Å². The molecule has 0 atom stereocenters. The van der Waals surface area contributed by atoms with Gasteiger partial charge >= 0.3 is 0 Å². The van der Waals surface area contributed by atoms with Crippen LogP contribution in [0.3, 0.4) is 0 Å². The molecule has 1 heterocycles. The molecule has 2 aromatic rings. The van der Waals surface area contributed by atoms with E-state index in [1.54, 1.807) is 0 Å². The van der Waals surface area contributed by atoms with Gasteiger partial charge in [0.1, 0.15) is 5.15 Å². The topological polar surface area (TPSA) is 65.8 Å². The van der Waals surface area contributed by atoms with Crippen molar-refractivity contribution >= 4 is 28.3 Å². The number of nitrogens with one attached hydrogen (secondary N) is 1. The van der Waals surface area contributed by atoms with E-state index < -0.39 is 0 Å². The van der Waals surface area contributed by atoms with Crippen LogP contribution in [0.2, 0.25) is 5.15 Å². The number of carbonyl (C=O) groups excluding carboxylic acids is 1. The Morgan fingerprint density at radius 2 is 2.05 bits per heavy atom. The second kappa shape index (κ2) is 6.88. The molecule has 0 aliphatic heterocycles.